The molecular weight excluding hydrogens is 294 g/mol. The third kappa shape index (κ3) is 3.31. The van der Waals surface area contributed by atoms with Crippen LogP contribution < -0.4 is 0 Å². The topological polar surface area (TPSA) is 12.9 Å². The van der Waals surface area contributed by atoms with Crippen LogP contribution in [0.15, 0.2) is 11.6 Å². The fourth-order valence-electron chi connectivity index (χ4n) is 3.05. The van der Waals surface area contributed by atoms with Gasteiger partial charge in [0.25, 0.3) is 0 Å². The highest BCUT2D eigenvalue weighted by Crippen LogP contribution is 2.45. The molecule has 17 heavy (non-hydrogen) atoms. The van der Waals surface area contributed by atoms with Crippen molar-refractivity contribution in [3.63, 3.8) is 0 Å². The maximum Gasteiger partial charge on any atom is 0.0930 e. The van der Waals surface area contributed by atoms with Crippen molar-refractivity contribution in [1.29, 1.82) is 0 Å². The van der Waals surface area contributed by atoms with Crippen molar-refractivity contribution < 1.29 is 0 Å². The fourth-order valence-corrected chi connectivity index (χ4v) is 5.53. The summed E-state index contributed by atoms with van der Waals surface area (Å²) in [5.41, 5.74) is 0.353. The van der Waals surface area contributed by atoms with Crippen molar-refractivity contribution in [2.24, 2.45) is 17.3 Å². The molecule has 1 saturated carbocycles. The minimum atomic E-state index is 0.353. The van der Waals surface area contributed by atoms with Gasteiger partial charge in [0.15, 0.2) is 0 Å². The van der Waals surface area contributed by atoms with Crippen LogP contribution in [0.1, 0.15) is 45.0 Å². The number of aromatic nitrogens is 1. The standard InChI is InChI=1S/C14H22BrNS/c1-10-4-5-11(12(15)8-10)14(2,3)9-13-16-6-7-17-13/h6-7,10-12H,4-5,8-9H2,1-3H3. The first kappa shape index (κ1) is 13.5. The zero-order chi connectivity index (χ0) is 12.5. The highest BCUT2D eigenvalue weighted by atomic mass is 79.9. The Hall–Kier alpha value is 0.110. The van der Waals surface area contributed by atoms with Gasteiger partial charge in [-0.2, -0.15) is 0 Å². The highest BCUT2D eigenvalue weighted by molar-refractivity contribution is 9.09. The molecule has 0 radical (unpaired) electrons. The van der Waals surface area contributed by atoms with Crippen molar-refractivity contribution in [2.75, 3.05) is 0 Å². The summed E-state index contributed by atoms with van der Waals surface area (Å²) in [7, 11) is 0. The summed E-state index contributed by atoms with van der Waals surface area (Å²) in [5.74, 6) is 1.66. The van der Waals surface area contributed by atoms with Gasteiger partial charge in [-0.3, -0.25) is 0 Å². The van der Waals surface area contributed by atoms with Crippen LogP contribution in [0.5, 0.6) is 0 Å². The summed E-state index contributed by atoms with van der Waals surface area (Å²) < 4.78 is 0. The van der Waals surface area contributed by atoms with Crippen LogP contribution in [0.4, 0.5) is 0 Å². The quantitative estimate of drug-likeness (QED) is 0.722. The third-order valence-corrected chi connectivity index (χ3v) is 5.92. The molecule has 1 fully saturated rings. The first-order chi connectivity index (χ1) is 7.99. The zero-order valence-electron chi connectivity index (χ0n) is 10.9. The Morgan fingerprint density at radius 3 is 2.82 bits per heavy atom. The molecule has 2 rings (SSSR count). The molecule has 0 amide bonds. The van der Waals surface area contributed by atoms with E-state index in [0.717, 1.165) is 18.3 Å². The Morgan fingerprint density at radius 2 is 2.24 bits per heavy atom. The van der Waals surface area contributed by atoms with Gasteiger partial charge in [0, 0.05) is 22.8 Å². The minimum Gasteiger partial charge on any atom is -0.250 e. The zero-order valence-corrected chi connectivity index (χ0v) is 13.4. The maximum absolute atomic E-state index is 4.44. The Morgan fingerprint density at radius 1 is 1.47 bits per heavy atom. The lowest BCUT2D eigenvalue weighted by molar-refractivity contribution is 0.147. The second-order valence-electron chi connectivity index (χ2n) is 6.13. The van der Waals surface area contributed by atoms with Crippen LogP contribution in [0.25, 0.3) is 0 Å². The van der Waals surface area contributed by atoms with Gasteiger partial charge in [-0.25, -0.2) is 4.98 Å². The van der Waals surface area contributed by atoms with E-state index in [1.807, 2.05) is 6.20 Å². The van der Waals surface area contributed by atoms with Gasteiger partial charge in [0.2, 0.25) is 0 Å². The fraction of sp³-hybridized carbons (Fsp3) is 0.786. The smallest absolute Gasteiger partial charge is 0.0930 e. The Kier molecular flexibility index (Phi) is 4.30. The summed E-state index contributed by atoms with van der Waals surface area (Å²) >= 11 is 5.71. The average molecular weight is 316 g/mol. The van der Waals surface area contributed by atoms with Gasteiger partial charge in [0.1, 0.15) is 0 Å². The summed E-state index contributed by atoms with van der Waals surface area (Å²) in [6, 6.07) is 0. The monoisotopic (exact) mass is 315 g/mol. The lowest BCUT2D eigenvalue weighted by Crippen LogP contribution is -2.37. The molecule has 1 aliphatic rings. The molecule has 0 N–H and O–H groups in total. The van der Waals surface area contributed by atoms with Crippen molar-refractivity contribution in [3.05, 3.63) is 16.6 Å². The molecule has 3 unspecified atom stereocenters. The summed E-state index contributed by atoms with van der Waals surface area (Å²) in [6.07, 6.45) is 7.10. The van der Waals surface area contributed by atoms with Gasteiger partial charge < -0.3 is 0 Å². The second kappa shape index (κ2) is 5.40. The molecule has 1 aliphatic carbocycles. The number of rotatable bonds is 3. The molecule has 1 heterocycles. The highest BCUT2D eigenvalue weighted by Gasteiger charge is 2.38. The summed E-state index contributed by atoms with van der Waals surface area (Å²) in [4.78, 5) is 5.12. The van der Waals surface area contributed by atoms with Crippen LogP contribution in [0, 0.1) is 17.3 Å². The van der Waals surface area contributed by atoms with E-state index in [0.29, 0.717) is 10.2 Å². The molecule has 0 spiro atoms. The molecule has 1 nitrogen and oxygen atoms in total. The van der Waals surface area contributed by atoms with Gasteiger partial charge in [0.05, 0.1) is 5.01 Å². The third-order valence-electron chi connectivity index (χ3n) is 4.13. The predicted molar refractivity (Wildman–Crippen MR) is 78.8 cm³/mol. The first-order valence-electron chi connectivity index (χ1n) is 6.51. The Labute approximate surface area is 117 Å². The molecular formula is C14H22BrNS. The van der Waals surface area contributed by atoms with Gasteiger partial charge in [-0.15, -0.1) is 11.3 Å². The first-order valence-corrected chi connectivity index (χ1v) is 8.31. The predicted octanol–water partition coefficient (Wildman–Crippen LogP) is 4.91. The molecule has 3 heteroatoms. The number of hydrogen-bond acceptors (Lipinski definition) is 2. The minimum absolute atomic E-state index is 0.353. The van der Waals surface area contributed by atoms with Crippen molar-refractivity contribution in [3.8, 4) is 0 Å². The number of alkyl halides is 1. The Balaban J connectivity index is 2.04. The van der Waals surface area contributed by atoms with E-state index in [2.05, 4.69) is 47.1 Å². The Bertz CT molecular complexity index is 347. The van der Waals surface area contributed by atoms with E-state index in [-0.39, 0.29) is 0 Å². The number of nitrogens with zero attached hydrogens (tertiary/aromatic N) is 1. The van der Waals surface area contributed by atoms with Crippen molar-refractivity contribution in [2.45, 2.75) is 51.3 Å². The van der Waals surface area contributed by atoms with E-state index in [4.69, 9.17) is 0 Å². The SMILES string of the molecule is CC1CCC(C(C)(C)Cc2nccs2)C(Br)C1. The van der Waals surface area contributed by atoms with E-state index in [1.165, 1.54) is 24.3 Å². The van der Waals surface area contributed by atoms with Crippen LogP contribution in [0.3, 0.4) is 0 Å². The number of halogens is 1. The van der Waals surface area contributed by atoms with Gasteiger partial charge in [-0.05, 0) is 30.1 Å². The molecule has 1 aromatic rings. The van der Waals surface area contributed by atoms with Crippen molar-refractivity contribution >= 4 is 27.3 Å². The van der Waals surface area contributed by atoms with E-state index in [9.17, 15) is 0 Å². The number of thiazole rings is 1. The molecule has 0 aliphatic heterocycles. The van der Waals surface area contributed by atoms with Gasteiger partial charge >= 0.3 is 0 Å². The summed E-state index contributed by atoms with van der Waals surface area (Å²) in [5, 5.41) is 3.37. The van der Waals surface area contributed by atoms with E-state index >= 15 is 0 Å². The molecule has 0 saturated heterocycles. The summed E-state index contributed by atoms with van der Waals surface area (Å²) in [6.45, 7) is 7.19. The van der Waals surface area contributed by atoms with Crippen LogP contribution >= 0.6 is 27.3 Å². The van der Waals surface area contributed by atoms with Crippen LogP contribution in [-0.2, 0) is 6.42 Å². The van der Waals surface area contributed by atoms with Crippen LogP contribution in [-0.4, -0.2) is 9.81 Å². The van der Waals surface area contributed by atoms with E-state index < -0.39 is 0 Å². The molecule has 96 valence electrons. The average Bonchev–Trinajstić information content (AvgIpc) is 2.68. The molecule has 3 atom stereocenters. The van der Waals surface area contributed by atoms with Crippen LogP contribution in [0.2, 0.25) is 0 Å². The second-order valence-corrected chi connectivity index (χ2v) is 8.29. The molecule has 0 aromatic carbocycles. The molecule has 1 aromatic heterocycles. The van der Waals surface area contributed by atoms with Gasteiger partial charge in [-0.1, -0.05) is 43.1 Å². The maximum atomic E-state index is 4.44. The number of hydrogen-bond donors (Lipinski definition) is 0. The lowest BCUT2D eigenvalue weighted by atomic mass is 9.67. The van der Waals surface area contributed by atoms with E-state index in [1.54, 1.807) is 11.3 Å². The normalized spacial score (nSPS) is 30.5. The molecule has 0 bridgehead atoms. The largest absolute Gasteiger partial charge is 0.250 e. The lowest BCUT2D eigenvalue weighted by Gasteiger charge is -2.41. The van der Waals surface area contributed by atoms with Crippen molar-refractivity contribution in [1.82, 2.24) is 4.98 Å².